The van der Waals surface area contributed by atoms with Crippen molar-refractivity contribution in [2.45, 2.75) is 6.42 Å². The molecule has 4 aromatic rings. The molecule has 0 amide bonds. The Hall–Kier alpha value is -3.41. The van der Waals surface area contributed by atoms with Crippen LogP contribution in [0.2, 0.25) is 0 Å². The summed E-state index contributed by atoms with van der Waals surface area (Å²) in [6, 6.07) is 11.8. The van der Waals surface area contributed by atoms with Gasteiger partial charge in [0.05, 0.1) is 23.6 Å². The number of fused-ring (bicyclic) bond motifs is 3. The number of phenols is 1. The predicted octanol–water partition coefficient (Wildman–Crippen LogP) is 4.68. The lowest BCUT2D eigenvalue weighted by Gasteiger charge is -2.08. The maximum Gasteiger partial charge on any atom is 0.338 e. The van der Waals surface area contributed by atoms with Gasteiger partial charge in [-0.1, -0.05) is 18.2 Å². The zero-order valence-electron chi connectivity index (χ0n) is 14.3. The van der Waals surface area contributed by atoms with E-state index in [1.807, 2.05) is 0 Å². The number of ether oxygens (including phenoxy) is 1. The molecule has 0 fully saturated rings. The second-order valence-corrected chi connectivity index (χ2v) is 6.22. The molecular formula is C21H15F2NO3. The van der Waals surface area contributed by atoms with Crippen molar-refractivity contribution < 1.29 is 23.4 Å². The van der Waals surface area contributed by atoms with Gasteiger partial charge < -0.3 is 14.8 Å². The van der Waals surface area contributed by atoms with E-state index in [1.54, 1.807) is 24.3 Å². The van der Waals surface area contributed by atoms with Crippen LogP contribution in [0.5, 0.6) is 5.75 Å². The fourth-order valence-corrected chi connectivity index (χ4v) is 3.41. The van der Waals surface area contributed by atoms with Gasteiger partial charge in [0.15, 0.2) is 0 Å². The van der Waals surface area contributed by atoms with E-state index in [9.17, 15) is 18.7 Å². The molecule has 0 saturated heterocycles. The van der Waals surface area contributed by atoms with Gasteiger partial charge in [-0.2, -0.15) is 0 Å². The summed E-state index contributed by atoms with van der Waals surface area (Å²) in [4.78, 5) is 15.3. The Balaban J connectivity index is 1.99. The lowest BCUT2D eigenvalue weighted by Crippen LogP contribution is -2.01. The molecular weight excluding hydrogens is 352 g/mol. The van der Waals surface area contributed by atoms with Crippen LogP contribution < -0.4 is 0 Å². The van der Waals surface area contributed by atoms with E-state index < -0.39 is 17.6 Å². The SMILES string of the molecule is COC(=O)c1cccc2[nH]c3c(Cc4c(F)cccc4F)ccc(O)c3c12. The number of H-pyrrole nitrogens is 1. The van der Waals surface area contributed by atoms with Gasteiger partial charge >= 0.3 is 5.97 Å². The van der Waals surface area contributed by atoms with Crippen LogP contribution in [0.1, 0.15) is 21.5 Å². The maximum atomic E-state index is 14.1. The van der Waals surface area contributed by atoms with Crippen molar-refractivity contribution in [1.82, 2.24) is 4.98 Å². The van der Waals surface area contributed by atoms with Gasteiger partial charge in [0.1, 0.15) is 17.4 Å². The molecule has 0 bridgehead atoms. The van der Waals surface area contributed by atoms with Gasteiger partial charge in [0, 0.05) is 22.9 Å². The number of carbonyl (C=O) groups excluding carboxylic acids is 1. The standard InChI is InChI=1S/C21H15F2NO3/c1-27-21(26)12-4-2-7-16-18(12)19-17(25)9-8-11(20(19)24-16)10-13-14(22)5-3-6-15(13)23/h2-9,24-25H,10H2,1H3. The first kappa shape index (κ1) is 17.0. The highest BCUT2D eigenvalue weighted by atomic mass is 19.1. The van der Waals surface area contributed by atoms with Gasteiger partial charge in [-0.25, -0.2) is 13.6 Å². The normalized spacial score (nSPS) is 11.2. The summed E-state index contributed by atoms with van der Waals surface area (Å²) in [5.41, 5.74) is 1.97. The van der Waals surface area contributed by atoms with Crippen LogP contribution in [0.25, 0.3) is 21.8 Å². The van der Waals surface area contributed by atoms with Crippen LogP contribution in [0, 0.1) is 11.6 Å². The van der Waals surface area contributed by atoms with Crippen molar-refractivity contribution in [2.75, 3.05) is 7.11 Å². The number of benzene rings is 3. The van der Waals surface area contributed by atoms with E-state index in [2.05, 4.69) is 4.98 Å². The minimum absolute atomic E-state index is 0.00430. The summed E-state index contributed by atoms with van der Waals surface area (Å²) in [5, 5.41) is 11.3. The number of halogens is 2. The molecule has 0 aliphatic carbocycles. The summed E-state index contributed by atoms with van der Waals surface area (Å²) in [7, 11) is 1.28. The molecule has 0 aliphatic heterocycles. The number of methoxy groups -OCH3 is 1. The number of nitrogens with one attached hydrogen (secondary N) is 1. The monoisotopic (exact) mass is 367 g/mol. The van der Waals surface area contributed by atoms with Crippen molar-refractivity contribution >= 4 is 27.8 Å². The topological polar surface area (TPSA) is 62.3 Å². The second kappa shape index (κ2) is 6.39. The Morgan fingerprint density at radius 2 is 1.74 bits per heavy atom. The van der Waals surface area contributed by atoms with Crippen LogP contribution in [0.4, 0.5) is 8.78 Å². The first-order valence-corrected chi connectivity index (χ1v) is 8.27. The van der Waals surface area contributed by atoms with Crippen LogP contribution in [-0.2, 0) is 11.2 Å². The molecule has 6 heteroatoms. The highest BCUT2D eigenvalue weighted by Gasteiger charge is 2.20. The second-order valence-electron chi connectivity index (χ2n) is 6.22. The summed E-state index contributed by atoms with van der Waals surface area (Å²) in [6.45, 7) is 0. The number of aromatic nitrogens is 1. The molecule has 0 radical (unpaired) electrons. The minimum Gasteiger partial charge on any atom is -0.507 e. The number of hydrogen-bond acceptors (Lipinski definition) is 3. The molecule has 0 unspecified atom stereocenters. The maximum absolute atomic E-state index is 14.1. The van der Waals surface area contributed by atoms with E-state index in [4.69, 9.17) is 4.74 Å². The number of rotatable bonds is 3. The highest BCUT2D eigenvalue weighted by molar-refractivity contribution is 6.19. The molecule has 136 valence electrons. The van der Waals surface area contributed by atoms with E-state index in [-0.39, 0.29) is 17.7 Å². The number of aromatic amines is 1. The smallest absolute Gasteiger partial charge is 0.338 e. The van der Waals surface area contributed by atoms with E-state index in [1.165, 1.54) is 31.4 Å². The predicted molar refractivity (Wildman–Crippen MR) is 98.0 cm³/mol. The van der Waals surface area contributed by atoms with E-state index in [0.29, 0.717) is 32.9 Å². The number of carbonyl (C=O) groups is 1. The fourth-order valence-electron chi connectivity index (χ4n) is 3.41. The largest absolute Gasteiger partial charge is 0.507 e. The third-order valence-corrected chi connectivity index (χ3v) is 4.68. The van der Waals surface area contributed by atoms with Crippen molar-refractivity contribution in [3.63, 3.8) is 0 Å². The van der Waals surface area contributed by atoms with Crippen LogP contribution in [0.3, 0.4) is 0 Å². The summed E-state index contributed by atoms with van der Waals surface area (Å²) < 4.78 is 33.0. The molecule has 4 rings (SSSR count). The molecule has 0 saturated carbocycles. The number of phenolic OH excluding ortho intramolecular Hbond substituents is 1. The first-order chi connectivity index (χ1) is 13.0. The molecule has 27 heavy (non-hydrogen) atoms. The first-order valence-electron chi connectivity index (χ1n) is 8.27. The molecule has 0 spiro atoms. The van der Waals surface area contributed by atoms with Gasteiger partial charge in [-0.15, -0.1) is 0 Å². The number of aromatic hydroxyl groups is 1. The summed E-state index contributed by atoms with van der Waals surface area (Å²) >= 11 is 0. The number of hydrogen-bond donors (Lipinski definition) is 2. The Kier molecular flexibility index (Phi) is 4.03. The number of esters is 1. The summed E-state index contributed by atoms with van der Waals surface area (Å²) in [6.07, 6.45) is -0.00430. The quantitative estimate of drug-likeness (QED) is 0.517. The minimum atomic E-state index is -0.636. The third kappa shape index (κ3) is 2.70. The van der Waals surface area contributed by atoms with Crippen LogP contribution in [0.15, 0.2) is 48.5 Å². The van der Waals surface area contributed by atoms with Gasteiger partial charge in [-0.3, -0.25) is 0 Å². The lowest BCUT2D eigenvalue weighted by molar-refractivity contribution is 0.0603. The molecule has 0 aliphatic rings. The Morgan fingerprint density at radius 1 is 1.04 bits per heavy atom. The zero-order valence-corrected chi connectivity index (χ0v) is 14.3. The van der Waals surface area contributed by atoms with E-state index >= 15 is 0 Å². The Labute approximate surface area is 153 Å². The van der Waals surface area contributed by atoms with E-state index in [0.717, 1.165) is 0 Å². The van der Waals surface area contributed by atoms with Crippen molar-refractivity contribution in [3.05, 3.63) is 76.9 Å². The molecule has 3 aromatic carbocycles. The van der Waals surface area contributed by atoms with Crippen LogP contribution >= 0.6 is 0 Å². The van der Waals surface area contributed by atoms with Crippen molar-refractivity contribution in [1.29, 1.82) is 0 Å². The van der Waals surface area contributed by atoms with Crippen LogP contribution in [-0.4, -0.2) is 23.2 Å². The molecule has 4 nitrogen and oxygen atoms in total. The third-order valence-electron chi connectivity index (χ3n) is 4.68. The molecule has 2 N–H and O–H groups in total. The lowest BCUT2D eigenvalue weighted by atomic mass is 9.99. The van der Waals surface area contributed by atoms with Gasteiger partial charge in [0.25, 0.3) is 0 Å². The average Bonchev–Trinajstić information content (AvgIpc) is 3.06. The molecule has 1 heterocycles. The Bertz CT molecular complexity index is 1180. The van der Waals surface area contributed by atoms with Crippen molar-refractivity contribution in [2.24, 2.45) is 0 Å². The average molecular weight is 367 g/mol. The highest BCUT2D eigenvalue weighted by Crippen LogP contribution is 2.37. The molecule has 1 aromatic heterocycles. The van der Waals surface area contributed by atoms with Gasteiger partial charge in [-0.05, 0) is 35.9 Å². The zero-order chi connectivity index (χ0) is 19.1. The fraction of sp³-hybridized carbons (Fsp3) is 0.0952. The van der Waals surface area contributed by atoms with Gasteiger partial charge in [0.2, 0.25) is 0 Å². The summed E-state index contributed by atoms with van der Waals surface area (Å²) in [5.74, 6) is -1.85. The molecule has 0 atom stereocenters. The van der Waals surface area contributed by atoms with Crippen molar-refractivity contribution in [3.8, 4) is 5.75 Å². The Morgan fingerprint density at radius 3 is 2.44 bits per heavy atom.